The molecule has 0 aliphatic heterocycles. The van der Waals surface area contributed by atoms with Crippen LogP contribution in [0.2, 0.25) is 0 Å². The van der Waals surface area contributed by atoms with E-state index < -0.39 is 0 Å². The number of carbonyl (C=O) groups excluding carboxylic acids is 1. The lowest BCUT2D eigenvalue weighted by Crippen LogP contribution is -2.40. The van der Waals surface area contributed by atoms with Crippen molar-refractivity contribution in [1.82, 2.24) is 5.32 Å². The highest BCUT2D eigenvalue weighted by Crippen LogP contribution is 1.91. The summed E-state index contributed by atoms with van der Waals surface area (Å²) in [6.45, 7) is 6.12. The first kappa shape index (κ1) is 9.43. The van der Waals surface area contributed by atoms with Gasteiger partial charge in [0.2, 0.25) is 5.91 Å². The highest BCUT2D eigenvalue weighted by molar-refractivity contribution is 5.81. The fourth-order valence-corrected chi connectivity index (χ4v) is 0.656. The summed E-state index contributed by atoms with van der Waals surface area (Å²) in [7, 11) is 0. The average Bonchev–Trinajstić information content (AvgIpc) is 1.89. The Bertz CT molecular complexity index is 104. The molecule has 0 aromatic heterocycles. The second-order valence-corrected chi connectivity index (χ2v) is 2.14. The average molecular weight is 143 g/mol. The first-order valence-corrected chi connectivity index (χ1v) is 3.55. The van der Waals surface area contributed by atoms with Crippen molar-refractivity contribution < 1.29 is 4.79 Å². The van der Waals surface area contributed by atoms with Crippen LogP contribution in [-0.4, -0.2) is 18.5 Å². The quantitative estimate of drug-likeness (QED) is 0.585. The maximum atomic E-state index is 10.9. The van der Waals surface area contributed by atoms with E-state index in [0.717, 1.165) is 0 Å². The molecule has 0 unspecified atom stereocenters. The van der Waals surface area contributed by atoms with Gasteiger partial charge >= 0.3 is 0 Å². The summed E-state index contributed by atoms with van der Waals surface area (Å²) in [6, 6.07) is -0.377. The number of hydrogen-bond acceptors (Lipinski definition) is 2. The van der Waals surface area contributed by atoms with E-state index in [2.05, 4.69) is 12.2 Å². The number of amides is 1. The molecule has 59 valence electrons. The van der Waals surface area contributed by atoms with Gasteiger partial charge < -0.3 is 11.1 Å². The lowest BCUT2D eigenvalue weighted by molar-refractivity contribution is -0.122. The second-order valence-electron chi connectivity index (χ2n) is 2.14. The van der Waals surface area contributed by atoms with E-state index in [9.17, 15) is 4.79 Å². The maximum Gasteiger partial charge on any atom is 0.236 e. The van der Waals surface area contributed by atoms with Crippen LogP contribution in [0.5, 0.6) is 0 Å². The molecular formula is C7H15N2O. The largest absolute Gasteiger partial charge is 0.355 e. The molecule has 1 atom stereocenters. The summed E-state index contributed by atoms with van der Waals surface area (Å²) in [5.41, 5.74) is 5.46. The molecule has 0 saturated carbocycles. The molecule has 0 aromatic carbocycles. The van der Waals surface area contributed by atoms with Crippen LogP contribution in [0.3, 0.4) is 0 Å². The molecule has 0 fully saturated rings. The highest BCUT2D eigenvalue weighted by Gasteiger charge is 2.09. The zero-order chi connectivity index (χ0) is 7.98. The lowest BCUT2D eigenvalue weighted by atomic mass is 10.2. The van der Waals surface area contributed by atoms with E-state index in [0.29, 0.717) is 19.4 Å². The SMILES string of the molecule is [CH2]CC[C@@H](N)C(=O)NCC. The summed E-state index contributed by atoms with van der Waals surface area (Å²) in [5, 5.41) is 2.64. The fourth-order valence-electron chi connectivity index (χ4n) is 0.656. The van der Waals surface area contributed by atoms with Gasteiger partial charge in [-0.05, 0) is 13.3 Å². The second kappa shape index (κ2) is 5.23. The van der Waals surface area contributed by atoms with Gasteiger partial charge in [0.15, 0.2) is 0 Å². The number of likely N-dealkylation sites (N-methyl/N-ethyl adjacent to an activating group) is 1. The van der Waals surface area contributed by atoms with Crippen molar-refractivity contribution in [2.24, 2.45) is 5.73 Å². The minimum Gasteiger partial charge on any atom is -0.355 e. The third-order valence-electron chi connectivity index (χ3n) is 1.20. The molecule has 3 heteroatoms. The Labute approximate surface area is 62.0 Å². The normalized spacial score (nSPS) is 12.7. The molecule has 3 N–H and O–H groups in total. The van der Waals surface area contributed by atoms with Crippen LogP contribution in [0.15, 0.2) is 0 Å². The van der Waals surface area contributed by atoms with E-state index >= 15 is 0 Å². The van der Waals surface area contributed by atoms with Gasteiger partial charge in [0.05, 0.1) is 6.04 Å². The Balaban J connectivity index is 3.49. The standard InChI is InChI=1S/C7H15N2O/c1-3-5-6(8)7(10)9-4-2/h6H,1,3-5,8H2,2H3,(H,9,10)/t6-/m1/s1. The Kier molecular flexibility index (Phi) is 4.94. The first-order valence-electron chi connectivity index (χ1n) is 3.55. The molecule has 0 heterocycles. The van der Waals surface area contributed by atoms with Gasteiger partial charge in [-0.25, -0.2) is 0 Å². The molecule has 0 aliphatic rings. The lowest BCUT2D eigenvalue weighted by Gasteiger charge is -2.08. The van der Waals surface area contributed by atoms with Crippen molar-refractivity contribution in [3.63, 3.8) is 0 Å². The van der Waals surface area contributed by atoms with E-state index in [1.165, 1.54) is 0 Å². The van der Waals surface area contributed by atoms with Gasteiger partial charge in [-0.3, -0.25) is 4.79 Å². The third kappa shape index (κ3) is 3.45. The van der Waals surface area contributed by atoms with Gasteiger partial charge in [-0.15, -0.1) is 0 Å². The Morgan fingerprint density at radius 3 is 2.80 bits per heavy atom. The van der Waals surface area contributed by atoms with Crippen LogP contribution in [-0.2, 0) is 4.79 Å². The van der Waals surface area contributed by atoms with Crippen LogP contribution in [0.4, 0.5) is 0 Å². The van der Waals surface area contributed by atoms with Crippen molar-refractivity contribution in [1.29, 1.82) is 0 Å². The van der Waals surface area contributed by atoms with E-state index in [-0.39, 0.29) is 11.9 Å². The molecule has 0 aliphatic carbocycles. The molecule has 0 aromatic rings. The smallest absolute Gasteiger partial charge is 0.236 e. The van der Waals surface area contributed by atoms with Gasteiger partial charge in [0.25, 0.3) is 0 Å². The van der Waals surface area contributed by atoms with Crippen LogP contribution >= 0.6 is 0 Å². The zero-order valence-corrected chi connectivity index (χ0v) is 6.39. The Hall–Kier alpha value is -0.570. The third-order valence-corrected chi connectivity index (χ3v) is 1.20. The topological polar surface area (TPSA) is 55.1 Å². The molecule has 0 spiro atoms. The van der Waals surface area contributed by atoms with Crippen molar-refractivity contribution in [3.8, 4) is 0 Å². The maximum absolute atomic E-state index is 10.9. The van der Waals surface area contributed by atoms with Crippen molar-refractivity contribution in [2.75, 3.05) is 6.54 Å². The Morgan fingerprint density at radius 1 is 1.80 bits per heavy atom. The predicted molar refractivity (Wildman–Crippen MR) is 41.3 cm³/mol. The van der Waals surface area contributed by atoms with Gasteiger partial charge in [-0.1, -0.05) is 13.3 Å². The first-order chi connectivity index (χ1) is 4.72. The van der Waals surface area contributed by atoms with E-state index in [1.54, 1.807) is 0 Å². The molecule has 10 heavy (non-hydrogen) atoms. The van der Waals surface area contributed by atoms with E-state index in [1.807, 2.05) is 6.92 Å². The minimum atomic E-state index is -0.377. The predicted octanol–water partition coefficient (Wildman–Crippen LogP) is 0.0641. The van der Waals surface area contributed by atoms with Gasteiger partial charge in [0, 0.05) is 6.54 Å². The van der Waals surface area contributed by atoms with Gasteiger partial charge in [0.1, 0.15) is 0 Å². The molecule has 0 rings (SSSR count). The molecule has 0 saturated heterocycles. The summed E-state index contributed by atoms with van der Waals surface area (Å²) >= 11 is 0. The van der Waals surface area contributed by atoms with Crippen molar-refractivity contribution >= 4 is 5.91 Å². The van der Waals surface area contributed by atoms with Crippen LogP contribution in [0.25, 0.3) is 0 Å². The molecule has 0 bridgehead atoms. The summed E-state index contributed by atoms with van der Waals surface area (Å²) in [5.74, 6) is -0.0776. The summed E-state index contributed by atoms with van der Waals surface area (Å²) < 4.78 is 0. The highest BCUT2D eigenvalue weighted by atomic mass is 16.2. The summed E-state index contributed by atoms with van der Waals surface area (Å²) in [6.07, 6.45) is 1.37. The fraction of sp³-hybridized carbons (Fsp3) is 0.714. The molecular weight excluding hydrogens is 128 g/mol. The number of nitrogens with one attached hydrogen (secondary N) is 1. The van der Waals surface area contributed by atoms with E-state index in [4.69, 9.17) is 5.73 Å². The van der Waals surface area contributed by atoms with Crippen LogP contribution < -0.4 is 11.1 Å². The van der Waals surface area contributed by atoms with Crippen molar-refractivity contribution in [3.05, 3.63) is 6.92 Å². The van der Waals surface area contributed by atoms with Crippen molar-refractivity contribution in [2.45, 2.75) is 25.8 Å². The number of nitrogens with two attached hydrogens (primary N) is 1. The van der Waals surface area contributed by atoms with Crippen LogP contribution in [0.1, 0.15) is 19.8 Å². The molecule has 1 radical (unpaired) electrons. The van der Waals surface area contributed by atoms with Gasteiger partial charge in [-0.2, -0.15) is 0 Å². The molecule has 1 amide bonds. The zero-order valence-electron chi connectivity index (χ0n) is 6.39. The number of carbonyl (C=O) groups is 1. The Morgan fingerprint density at radius 2 is 2.40 bits per heavy atom. The number of rotatable bonds is 4. The molecule has 3 nitrogen and oxygen atoms in total. The minimum absolute atomic E-state index is 0.0776. The monoisotopic (exact) mass is 143 g/mol. The summed E-state index contributed by atoms with van der Waals surface area (Å²) in [4.78, 5) is 10.9. The number of hydrogen-bond donors (Lipinski definition) is 2. The van der Waals surface area contributed by atoms with Crippen LogP contribution in [0, 0.1) is 6.92 Å².